The molecule has 0 saturated heterocycles. The first-order valence-electron chi connectivity index (χ1n) is 4.79. The maximum Gasteiger partial charge on any atom is 0.405 e. The van der Waals surface area contributed by atoms with Crippen molar-refractivity contribution in [3.05, 3.63) is 27.9 Å². The number of carbonyl (C=O) groups is 1. The minimum Gasteiger partial charge on any atom is -0.464 e. The number of nitrogens with one attached hydrogen (secondary N) is 1. The van der Waals surface area contributed by atoms with Gasteiger partial charge in [-0.25, -0.2) is 9.78 Å². The van der Waals surface area contributed by atoms with E-state index >= 15 is 0 Å². The third kappa shape index (κ3) is 4.08. The van der Waals surface area contributed by atoms with Crippen molar-refractivity contribution in [1.82, 2.24) is 4.98 Å². The van der Waals surface area contributed by atoms with Gasteiger partial charge >= 0.3 is 17.8 Å². The molecule has 0 saturated carbocycles. The summed E-state index contributed by atoms with van der Waals surface area (Å²) in [6.07, 6.45) is -4.57. The van der Waals surface area contributed by atoms with E-state index in [-0.39, 0.29) is 5.69 Å². The average Bonchev–Trinajstić information content (AvgIpc) is 2.34. The number of rotatable bonds is 4. The Balaban J connectivity index is 3.09. The van der Waals surface area contributed by atoms with Crippen molar-refractivity contribution in [3.63, 3.8) is 0 Å². The zero-order valence-corrected chi connectivity index (χ0v) is 9.52. The molecule has 1 N–H and O–H groups in total. The van der Waals surface area contributed by atoms with Gasteiger partial charge in [0.15, 0.2) is 5.69 Å². The number of anilines is 1. The fourth-order valence-electron chi connectivity index (χ4n) is 1.13. The number of esters is 1. The first-order valence-corrected chi connectivity index (χ1v) is 4.79. The van der Waals surface area contributed by atoms with E-state index in [4.69, 9.17) is 0 Å². The van der Waals surface area contributed by atoms with Gasteiger partial charge in [-0.15, -0.1) is 0 Å². The van der Waals surface area contributed by atoms with Gasteiger partial charge in [0.1, 0.15) is 6.54 Å². The molecule has 1 heterocycles. The SMILES string of the molecule is COC(=O)c1ccc([N+](=O)[O-])c(NCC(F)(F)F)n1. The largest absolute Gasteiger partial charge is 0.464 e. The van der Waals surface area contributed by atoms with Gasteiger partial charge in [-0.2, -0.15) is 13.2 Å². The molecule has 0 bridgehead atoms. The molecule has 0 aromatic carbocycles. The number of nitro groups is 1. The van der Waals surface area contributed by atoms with Crippen molar-refractivity contribution in [2.75, 3.05) is 19.0 Å². The third-order valence-electron chi connectivity index (χ3n) is 1.92. The Bertz CT molecular complexity index is 504. The molecule has 0 radical (unpaired) electrons. The summed E-state index contributed by atoms with van der Waals surface area (Å²) in [4.78, 5) is 24.3. The molecule has 0 fully saturated rings. The number of methoxy groups -OCH3 is 1. The molecule has 0 aliphatic heterocycles. The Labute approximate surface area is 104 Å². The lowest BCUT2D eigenvalue weighted by Gasteiger charge is -2.09. The standard InChI is InChI=1S/C9H8F3N3O4/c1-19-8(16)5-2-3-6(15(17)18)7(14-5)13-4-9(10,11)12/h2-3H,4H2,1H3,(H,13,14). The summed E-state index contributed by atoms with van der Waals surface area (Å²) >= 11 is 0. The summed E-state index contributed by atoms with van der Waals surface area (Å²) in [5.41, 5.74) is -1.00. The van der Waals surface area contributed by atoms with Gasteiger partial charge in [0, 0.05) is 6.07 Å². The van der Waals surface area contributed by atoms with Gasteiger partial charge in [0.25, 0.3) is 0 Å². The van der Waals surface area contributed by atoms with Crippen LogP contribution in [-0.2, 0) is 4.74 Å². The van der Waals surface area contributed by atoms with Crippen LogP contribution in [0.1, 0.15) is 10.5 Å². The van der Waals surface area contributed by atoms with E-state index in [1.807, 2.05) is 0 Å². The lowest BCUT2D eigenvalue weighted by atomic mass is 10.3. The Morgan fingerprint density at radius 2 is 2.16 bits per heavy atom. The van der Waals surface area contributed by atoms with Crippen molar-refractivity contribution in [1.29, 1.82) is 0 Å². The monoisotopic (exact) mass is 279 g/mol. The molecule has 0 unspecified atom stereocenters. The van der Waals surface area contributed by atoms with Crippen LogP contribution < -0.4 is 5.32 Å². The summed E-state index contributed by atoms with van der Waals surface area (Å²) in [5, 5.41) is 12.4. The third-order valence-corrected chi connectivity index (χ3v) is 1.92. The molecular weight excluding hydrogens is 271 g/mol. The molecule has 0 spiro atoms. The fourth-order valence-corrected chi connectivity index (χ4v) is 1.13. The van der Waals surface area contributed by atoms with Gasteiger partial charge in [0.05, 0.1) is 12.0 Å². The first kappa shape index (κ1) is 14.7. The summed E-state index contributed by atoms with van der Waals surface area (Å²) < 4.78 is 40.5. The zero-order valence-electron chi connectivity index (χ0n) is 9.52. The van der Waals surface area contributed by atoms with E-state index < -0.39 is 35.1 Å². The van der Waals surface area contributed by atoms with Crippen LogP contribution >= 0.6 is 0 Å². The number of alkyl halides is 3. The quantitative estimate of drug-likeness (QED) is 0.512. The highest BCUT2D eigenvalue weighted by atomic mass is 19.4. The smallest absolute Gasteiger partial charge is 0.405 e. The maximum absolute atomic E-state index is 12.0. The average molecular weight is 279 g/mol. The highest BCUT2D eigenvalue weighted by molar-refractivity contribution is 5.88. The molecule has 7 nitrogen and oxygen atoms in total. The minimum absolute atomic E-state index is 0.335. The van der Waals surface area contributed by atoms with E-state index in [1.54, 1.807) is 5.32 Å². The summed E-state index contributed by atoms with van der Waals surface area (Å²) in [6.45, 7) is -1.51. The molecule has 1 rings (SSSR count). The minimum atomic E-state index is -4.57. The number of ether oxygens (including phenoxy) is 1. The van der Waals surface area contributed by atoms with E-state index in [1.165, 1.54) is 0 Å². The topological polar surface area (TPSA) is 94.4 Å². The Kier molecular flexibility index (Phi) is 4.25. The van der Waals surface area contributed by atoms with Gasteiger partial charge in [0.2, 0.25) is 5.82 Å². The molecule has 0 amide bonds. The highest BCUT2D eigenvalue weighted by Crippen LogP contribution is 2.24. The fraction of sp³-hybridized carbons (Fsp3) is 0.333. The summed E-state index contributed by atoms with van der Waals surface area (Å²) in [5.74, 6) is -1.56. The van der Waals surface area contributed by atoms with Gasteiger partial charge in [-0.1, -0.05) is 0 Å². The maximum atomic E-state index is 12.0. The van der Waals surface area contributed by atoms with Crippen LogP contribution in [0.2, 0.25) is 0 Å². The number of halogens is 3. The Morgan fingerprint density at radius 3 is 2.63 bits per heavy atom. The lowest BCUT2D eigenvalue weighted by Crippen LogP contribution is -2.22. The number of nitrogens with zero attached hydrogens (tertiary/aromatic N) is 2. The number of hydrogen-bond donors (Lipinski definition) is 1. The predicted molar refractivity (Wildman–Crippen MR) is 56.8 cm³/mol. The Morgan fingerprint density at radius 1 is 1.53 bits per heavy atom. The normalized spacial score (nSPS) is 10.9. The molecule has 1 aromatic rings. The van der Waals surface area contributed by atoms with Gasteiger partial charge in [-0.05, 0) is 6.07 Å². The number of aromatic nitrogens is 1. The number of carbonyl (C=O) groups excluding carboxylic acids is 1. The molecular formula is C9H8F3N3O4. The number of hydrogen-bond acceptors (Lipinski definition) is 6. The molecule has 104 valence electrons. The van der Waals surface area contributed by atoms with E-state index in [0.29, 0.717) is 0 Å². The molecule has 0 aliphatic rings. The van der Waals surface area contributed by atoms with Crippen molar-refractivity contribution in [2.45, 2.75) is 6.18 Å². The van der Waals surface area contributed by atoms with Crippen molar-refractivity contribution in [2.24, 2.45) is 0 Å². The van der Waals surface area contributed by atoms with Crippen molar-refractivity contribution >= 4 is 17.5 Å². The second-order valence-corrected chi connectivity index (χ2v) is 3.28. The van der Waals surface area contributed by atoms with Crippen LogP contribution in [0.25, 0.3) is 0 Å². The van der Waals surface area contributed by atoms with Crippen LogP contribution in [0.15, 0.2) is 12.1 Å². The summed E-state index contributed by atoms with van der Waals surface area (Å²) in [7, 11) is 1.05. The van der Waals surface area contributed by atoms with Gasteiger partial charge in [-0.3, -0.25) is 10.1 Å². The van der Waals surface area contributed by atoms with Crippen LogP contribution in [0.4, 0.5) is 24.7 Å². The van der Waals surface area contributed by atoms with E-state index in [0.717, 1.165) is 19.2 Å². The second-order valence-electron chi connectivity index (χ2n) is 3.28. The van der Waals surface area contributed by atoms with Crippen LogP contribution in [0.3, 0.4) is 0 Å². The van der Waals surface area contributed by atoms with E-state index in [9.17, 15) is 28.1 Å². The molecule has 1 aromatic heterocycles. The molecule has 0 aliphatic carbocycles. The first-order chi connectivity index (χ1) is 8.74. The van der Waals surface area contributed by atoms with Crippen molar-refractivity contribution in [3.8, 4) is 0 Å². The van der Waals surface area contributed by atoms with E-state index in [2.05, 4.69) is 9.72 Å². The lowest BCUT2D eigenvalue weighted by molar-refractivity contribution is -0.384. The zero-order chi connectivity index (χ0) is 14.6. The molecule has 10 heteroatoms. The number of pyridine rings is 1. The Hall–Kier alpha value is -2.39. The van der Waals surface area contributed by atoms with Gasteiger partial charge < -0.3 is 10.1 Å². The van der Waals surface area contributed by atoms with Crippen LogP contribution in [0.5, 0.6) is 0 Å². The second kappa shape index (κ2) is 5.50. The van der Waals surface area contributed by atoms with Crippen molar-refractivity contribution < 1.29 is 27.6 Å². The van der Waals surface area contributed by atoms with Crippen LogP contribution in [-0.4, -0.2) is 35.7 Å². The van der Waals surface area contributed by atoms with Crippen LogP contribution in [0, 0.1) is 10.1 Å². The highest BCUT2D eigenvalue weighted by Gasteiger charge is 2.29. The molecule has 0 atom stereocenters. The predicted octanol–water partition coefficient (Wildman–Crippen LogP) is 1.75. The molecule has 19 heavy (non-hydrogen) atoms. The summed E-state index contributed by atoms with van der Waals surface area (Å²) in [6, 6.07) is 1.86.